The fourth-order valence-corrected chi connectivity index (χ4v) is 2.41. The minimum absolute atomic E-state index is 0.130. The van der Waals surface area contributed by atoms with Gasteiger partial charge in [0.15, 0.2) is 0 Å². The number of rotatable bonds is 1. The summed E-state index contributed by atoms with van der Waals surface area (Å²) in [7, 11) is 0. The van der Waals surface area contributed by atoms with Crippen LogP contribution in [0.15, 0.2) is 0 Å². The second kappa shape index (κ2) is 4.73. The Morgan fingerprint density at radius 1 is 1.44 bits per heavy atom. The van der Waals surface area contributed by atoms with E-state index in [9.17, 15) is 0 Å². The molecule has 0 radical (unpaired) electrons. The maximum atomic E-state index is 8.92. The Bertz CT molecular complexity index is 270. The number of hydrogen-bond donors (Lipinski definition) is 1. The van der Waals surface area contributed by atoms with E-state index in [1.807, 2.05) is 0 Å². The van der Waals surface area contributed by atoms with Crippen molar-refractivity contribution in [2.24, 2.45) is 5.41 Å². The van der Waals surface area contributed by atoms with E-state index in [1.165, 1.54) is 0 Å². The molecule has 1 aliphatic heterocycles. The zero-order valence-electron chi connectivity index (χ0n) is 11.3. The first-order valence-corrected chi connectivity index (χ1v) is 6.11. The summed E-state index contributed by atoms with van der Waals surface area (Å²) in [6.07, 6.45) is 0.611. The number of nitriles is 1. The molecule has 0 aliphatic carbocycles. The molecule has 1 aliphatic rings. The maximum Gasteiger partial charge on any atom is 0.0638 e. The van der Waals surface area contributed by atoms with Crippen molar-refractivity contribution in [2.45, 2.75) is 52.6 Å². The van der Waals surface area contributed by atoms with Crippen molar-refractivity contribution in [1.82, 2.24) is 10.2 Å². The van der Waals surface area contributed by atoms with Gasteiger partial charge >= 0.3 is 0 Å². The summed E-state index contributed by atoms with van der Waals surface area (Å²) in [6, 6.07) is 2.65. The highest BCUT2D eigenvalue weighted by molar-refractivity contribution is 4.95. The third-order valence-corrected chi connectivity index (χ3v) is 3.21. The van der Waals surface area contributed by atoms with E-state index in [2.05, 4.69) is 50.9 Å². The molecule has 16 heavy (non-hydrogen) atoms. The summed E-state index contributed by atoms with van der Waals surface area (Å²) in [5.74, 6) is 0. The number of nitrogens with zero attached hydrogens (tertiary/aromatic N) is 2. The van der Waals surface area contributed by atoms with Gasteiger partial charge in [0.1, 0.15) is 0 Å². The van der Waals surface area contributed by atoms with Crippen molar-refractivity contribution in [1.29, 1.82) is 5.26 Å². The van der Waals surface area contributed by atoms with Crippen molar-refractivity contribution >= 4 is 0 Å². The molecule has 0 aromatic rings. The molecule has 1 fully saturated rings. The standard InChI is InChI=1S/C13H25N3/c1-12(2,3)16-10-13(4,5)9-15-8-11(16)6-7-14/h11,15H,6,8-10H2,1-5H3. The molecule has 1 N–H and O–H groups in total. The minimum atomic E-state index is 0.130. The highest BCUT2D eigenvalue weighted by Gasteiger charge is 2.35. The van der Waals surface area contributed by atoms with Crippen LogP contribution in [0.25, 0.3) is 0 Å². The third-order valence-electron chi connectivity index (χ3n) is 3.21. The van der Waals surface area contributed by atoms with Gasteiger partial charge in [0.05, 0.1) is 12.5 Å². The third kappa shape index (κ3) is 3.47. The number of hydrogen-bond acceptors (Lipinski definition) is 3. The lowest BCUT2D eigenvalue weighted by Gasteiger charge is -2.42. The second-order valence-electron chi connectivity index (χ2n) is 6.61. The van der Waals surface area contributed by atoms with Crippen molar-refractivity contribution in [3.63, 3.8) is 0 Å². The van der Waals surface area contributed by atoms with Crippen LogP contribution in [-0.4, -0.2) is 36.1 Å². The Kier molecular flexibility index (Phi) is 3.98. The predicted octanol–water partition coefficient (Wildman–Crippen LogP) is 2.00. The lowest BCUT2D eigenvalue weighted by Crippen LogP contribution is -2.51. The molecule has 1 unspecified atom stereocenters. The lowest BCUT2D eigenvalue weighted by atomic mass is 9.90. The molecule has 0 bridgehead atoms. The SMILES string of the molecule is CC1(C)CNCC(CC#N)N(C(C)(C)C)C1. The zero-order chi connectivity index (χ0) is 12.4. The molecule has 0 aromatic carbocycles. The van der Waals surface area contributed by atoms with Crippen molar-refractivity contribution < 1.29 is 0 Å². The van der Waals surface area contributed by atoms with Gasteiger partial charge in [-0.1, -0.05) is 13.8 Å². The van der Waals surface area contributed by atoms with Gasteiger partial charge in [-0.05, 0) is 26.2 Å². The van der Waals surface area contributed by atoms with Gasteiger partial charge in [-0.25, -0.2) is 0 Å². The van der Waals surface area contributed by atoms with E-state index in [1.54, 1.807) is 0 Å². The first-order chi connectivity index (χ1) is 7.26. The van der Waals surface area contributed by atoms with E-state index in [0.717, 1.165) is 19.6 Å². The maximum absolute atomic E-state index is 8.92. The normalized spacial score (nSPS) is 27.1. The van der Waals surface area contributed by atoms with Gasteiger partial charge in [0, 0.05) is 31.2 Å². The zero-order valence-corrected chi connectivity index (χ0v) is 11.3. The van der Waals surface area contributed by atoms with Gasteiger partial charge < -0.3 is 5.32 Å². The molecule has 1 saturated heterocycles. The Morgan fingerprint density at radius 3 is 2.56 bits per heavy atom. The summed E-state index contributed by atoms with van der Waals surface area (Å²) in [4.78, 5) is 2.48. The monoisotopic (exact) mass is 223 g/mol. The lowest BCUT2D eigenvalue weighted by molar-refractivity contribution is 0.0613. The van der Waals surface area contributed by atoms with Crippen LogP contribution in [-0.2, 0) is 0 Å². The van der Waals surface area contributed by atoms with Crippen molar-refractivity contribution in [3.8, 4) is 6.07 Å². The average molecular weight is 223 g/mol. The highest BCUT2D eigenvalue weighted by Crippen LogP contribution is 2.27. The molecular formula is C13H25N3. The molecule has 3 heteroatoms. The molecule has 92 valence electrons. The van der Waals surface area contributed by atoms with Gasteiger partial charge in [0.2, 0.25) is 0 Å². The summed E-state index contributed by atoms with van der Waals surface area (Å²) in [5, 5.41) is 12.4. The number of nitrogens with one attached hydrogen (secondary N) is 1. The molecule has 1 atom stereocenters. The van der Waals surface area contributed by atoms with Crippen molar-refractivity contribution in [2.75, 3.05) is 19.6 Å². The first-order valence-electron chi connectivity index (χ1n) is 6.11. The smallest absolute Gasteiger partial charge is 0.0638 e. The summed E-state index contributed by atoms with van der Waals surface area (Å²) < 4.78 is 0. The Balaban J connectivity index is 2.88. The molecule has 0 spiro atoms. The Morgan fingerprint density at radius 2 is 2.06 bits per heavy atom. The van der Waals surface area contributed by atoms with Gasteiger partial charge in [-0.15, -0.1) is 0 Å². The van der Waals surface area contributed by atoms with Gasteiger partial charge in [0.25, 0.3) is 0 Å². The van der Waals surface area contributed by atoms with E-state index in [4.69, 9.17) is 5.26 Å². The van der Waals surface area contributed by atoms with Crippen LogP contribution in [0, 0.1) is 16.7 Å². The molecule has 3 nitrogen and oxygen atoms in total. The quantitative estimate of drug-likeness (QED) is 0.739. The summed E-state index contributed by atoms with van der Waals surface area (Å²) in [5.41, 5.74) is 0.405. The van der Waals surface area contributed by atoms with E-state index in [0.29, 0.717) is 12.5 Å². The van der Waals surface area contributed by atoms with Crippen LogP contribution in [0.1, 0.15) is 41.0 Å². The summed E-state index contributed by atoms with van der Waals surface area (Å²) in [6.45, 7) is 14.3. The Hall–Kier alpha value is -0.590. The predicted molar refractivity (Wildman–Crippen MR) is 67.1 cm³/mol. The molecule has 1 heterocycles. The van der Waals surface area contributed by atoms with Crippen LogP contribution < -0.4 is 5.32 Å². The van der Waals surface area contributed by atoms with Gasteiger partial charge in [-0.2, -0.15) is 5.26 Å². The van der Waals surface area contributed by atoms with Crippen LogP contribution >= 0.6 is 0 Å². The molecular weight excluding hydrogens is 198 g/mol. The summed E-state index contributed by atoms with van der Waals surface area (Å²) >= 11 is 0. The van der Waals surface area contributed by atoms with Crippen LogP contribution in [0.4, 0.5) is 0 Å². The minimum Gasteiger partial charge on any atom is -0.315 e. The largest absolute Gasteiger partial charge is 0.315 e. The van der Waals surface area contributed by atoms with Crippen LogP contribution in [0.5, 0.6) is 0 Å². The van der Waals surface area contributed by atoms with Crippen LogP contribution in [0.2, 0.25) is 0 Å². The van der Waals surface area contributed by atoms with E-state index in [-0.39, 0.29) is 11.0 Å². The second-order valence-corrected chi connectivity index (χ2v) is 6.61. The van der Waals surface area contributed by atoms with E-state index < -0.39 is 0 Å². The fraction of sp³-hybridized carbons (Fsp3) is 0.923. The topological polar surface area (TPSA) is 39.1 Å². The average Bonchev–Trinajstić information content (AvgIpc) is 2.25. The Labute approximate surface area is 99.8 Å². The van der Waals surface area contributed by atoms with Crippen LogP contribution in [0.3, 0.4) is 0 Å². The molecule has 0 aromatic heterocycles. The van der Waals surface area contributed by atoms with Gasteiger partial charge in [-0.3, -0.25) is 4.90 Å². The molecule has 1 rings (SSSR count). The highest BCUT2D eigenvalue weighted by atomic mass is 15.2. The molecule has 0 amide bonds. The van der Waals surface area contributed by atoms with Crippen molar-refractivity contribution in [3.05, 3.63) is 0 Å². The molecule has 0 saturated carbocycles. The van der Waals surface area contributed by atoms with E-state index >= 15 is 0 Å². The first kappa shape index (κ1) is 13.5. The fourth-order valence-electron chi connectivity index (χ4n) is 2.41.